The monoisotopic (exact) mass is 435 g/mol. The van der Waals surface area contributed by atoms with Crippen LogP contribution in [0.4, 0.5) is 11.4 Å². The highest BCUT2D eigenvalue weighted by Crippen LogP contribution is 2.36. The van der Waals surface area contributed by atoms with Crippen LogP contribution in [0.5, 0.6) is 5.75 Å². The summed E-state index contributed by atoms with van der Waals surface area (Å²) in [6.07, 6.45) is 5.93. The van der Waals surface area contributed by atoms with Gasteiger partial charge in [0.1, 0.15) is 12.4 Å². The van der Waals surface area contributed by atoms with Crippen LogP contribution in [0, 0.1) is 0 Å². The number of ether oxygens (including phenoxy) is 1. The van der Waals surface area contributed by atoms with Crippen LogP contribution in [-0.4, -0.2) is 43.6 Å². The summed E-state index contributed by atoms with van der Waals surface area (Å²) in [4.78, 5) is 12.5. The van der Waals surface area contributed by atoms with Crippen LogP contribution in [0.3, 0.4) is 0 Å². The minimum absolute atomic E-state index is 0.308. The molecule has 2 aliphatic heterocycles. The number of para-hydroxylation sites is 1. The van der Waals surface area contributed by atoms with Gasteiger partial charge in [0.15, 0.2) is 0 Å². The Bertz CT molecular complexity index is 1160. The highest BCUT2D eigenvalue weighted by molar-refractivity contribution is 6.47. The Morgan fingerprint density at radius 1 is 1.16 bits per heavy atom. The predicted octanol–water partition coefficient (Wildman–Crippen LogP) is 4.45. The number of nitrogens with zero attached hydrogens (tertiary/aromatic N) is 3. The number of H-pyrrole nitrogens is 1. The number of methoxy groups -OCH3 is 1. The molecule has 0 radical (unpaired) electrons. The number of hydrogen-bond acceptors (Lipinski definition) is 5. The molecule has 2 aromatic carbocycles. The van der Waals surface area contributed by atoms with E-state index in [0.717, 1.165) is 65.2 Å². The lowest BCUT2D eigenvalue weighted by Crippen LogP contribution is -2.39. The summed E-state index contributed by atoms with van der Waals surface area (Å²) in [5.74, 6) is 0.804. The molecule has 160 valence electrons. The van der Waals surface area contributed by atoms with Gasteiger partial charge in [0.25, 0.3) is 0 Å². The number of halogens is 1. The lowest BCUT2D eigenvalue weighted by molar-refractivity contribution is 0.415. The molecule has 3 N–H and O–H groups in total. The molecule has 31 heavy (non-hydrogen) atoms. The first-order valence-electron chi connectivity index (χ1n) is 10.6. The molecule has 0 spiro atoms. The van der Waals surface area contributed by atoms with Gasteiger partial charge in [0.05, 0.1) is 23.5 Å². The molecule has 3 heterocycles. The van der Waals surface area contributed by atoms with Crippen molar-refractivity contribution in [2.24, 2.45) is 10.7 Å². The first-order valence-corrected chi connectivity index (χ1v) is 11.0. The van der Waals surface area contributed by atoms with E-state index in [-0.39, 0.29) is 0 Å². The maximum atomic E-state index is 6.70. The molecule has 3 aromatic rings. The molecule has 0 saturated carbocycles. The van der Waals surface area contributed by atoms with Crippen molar-refractivity contribution < 1.29 is 4.74 Å². The number of aromatic amines is 1. The molecule has 7 heteroatoms. The number of nitrogens with two attached hydrogens (primary N) is 1. The molecule has 0 aliphatic carbocycles. The van der Waals surface area contributed by atoms with E-state index in [1.165, 1.54) is 0 Å². The second-order valence-electron chi connectivity index (χ2n) is 8.02. The summed E-state index contributed by atoms with van der Waals surface area (Å²) in [7, 11) is 1.70. The lowest BCUT2D eigenvalue weighted by atomic mass is 10.1. The minimum atomic E-state index is 0.308. The van der Waals surface area contributed by atoms with Crippen molar-refractivity contribution in [3.05, 3.63) is 65.5 Å². The van der Waals surface area contributed by atoms with E-state index in [2.05, 4.69) is 40.2 Å². The van der Waals surface area contributed by atoms with Gasteiger partial charge in [-0.15, -0.1) is 0 Å². The van der Waals surface area contributed by atoms with Crippen LogP contribution in [0.2, 0.25) is 0 Å². The molecule has 6 nitrogen and oxygen atoms in total. The smallest absolute Gasteiger partial charge is 0.144 e. The number of anilines is 2. The van der Waals surface area contributed by atoms with Crippen molar-refractivity contribution in [2.75, 3.05) is 36.7 Å². The summed E-state index contributed by atoms with van der Waals surface area (Å²) in [5.41, 5.74) is 11.0. The predicted molar refractivity (Wildman–Crippen MR) is 129 cm³/mol. The summed E-state index contributed by atoms with van der Waals surface area (Å²) in [5, 5.41) is 1.72. The second kappa shape index (κ2) is 8.29. The van der Waals surface area contributed by atoms with E-state index >= 15 is 0 Å². The zero-order valence-corrected chi connectivity index (χ0v) is 18.3. The molecule has 1 saturated heterocycles. The fourth-order valence-electron chi connectivity index (χ4n) is 4.35. The van der Waals surface area contributed by atoms with Crippen molar-refractivity contribution in [2.45, 2.75) is 18.9 Å². The van der Waals surface area contributed by atoms with Crippen LogP contribution in [0.1, 0.15) is 18.4 Å². The van der Waals surface area contributed by atoms with Crippen molar-refractivity contribution in [1.82, 2.24) is 4.98 Å². The van der Waals surface area contributed by atoms with Gasteiger partial charge in [-0.1, -0.05) is 29.8 Å². The van der Waals surface area contributed by atoms with Gasteiger partial charge in [0.2, 0.25) is 0 Å². The minimum Gasteiger partial charge on any atom is -0.494 e. The van der Waals surface area contributed by atoms with Crippen LogP contribution in [0.25, 0.3) is 10.9 Å². The molecule has 0 amide bonds. The van der Waals surface area contributed by atoms with E-state index in [0.29, 0.717) is 17.7 Å². The Morgan fingerprint density at radius 2 is 1.97 bits per heavy atom. The van der Waals surface area contributed by atoms with Crippen molar-refractivity contribution in [3.8, 4) is 5.75 Å². The number of fused-ring (bicyclic) bond motifs is 1. The molecule has 2 aliphatic rings. The van der Waals surface area contributed by atoms with Crippen LogP contribution >= 0.6 is 11.6 Å². The fourth-order valence-corrected chi connectivity index (χ4v) is 4.63. The van der Waals surface area contributed by atoms with Crippen LogP contribution < -0.4 is 20.3 Å². The molecular weight excluding hydrogens is 410 g/mol. The Kier molecular flexibility index (Phi) is 5.34. The maximum absolute atomic E-state index is 6.70. The lowest BCUT2D eigenvalue weighted by Gasteiger charge is -2.33. The molecule has 0 bridgehead atoms. The van der Waals surface area contributed by atoms with Gasteiger partial charge in [-0.25, -0.2) is 0 Å². The second-order valence-corrected chi connectivity index (χ2v) is 8.43. The molecule has 1 aromatic heterocycles. The molecule has 5 rings (SSSR count). The number of aromatic nitrogens is 1. The Morgan fingerprint density at radius 3 is 2.74 bits per heavy atom. The van der Waals surface area contributed by atoms with Crippen molar-refractivity contribution in [1.29, 1.82) is 0 Å². The number of rotatable bonds is 4. The fraction of sp³-hybridized carbons (Fsp3) is 0.292. The van der Waals surface area contributed by atoms with Crippen molar-refractivity contribution >= 4 is 39.6 Å². The Hall–Kier alpha value is -2.96. The Balaban J connectivity index is 1.40. The maximum Gasteiger partial charge on any atom is 0.144 e. The van der Waals surface area contributed by atoms with E-state index in [1.54, 1.807) is 7.11 Å². The van der Waals surface area contributed by atoms with Gasteiger partial charge in [-0.3, -0.25) is 4.99 Å². The average Bonchev–Trinajstić information content (AvgIpc) is 3.23. The zero-order chi connectivity index (χ0) is 21.4. The first kappa shape index (κ1) is 20.0. The number of aliphatic imine (C=N–C) groups is 1. The molecule has 1 fully saturated rings. The largest absolute Gasteiger partial charge is 0.494 e. The quantitative estimate of drug-likeness (QED) is 0.635. The van der Waals surface area contributed by atoms with Crippen LogP contribution in [0.15, 0.2) is 64.9 Å². The number of benzene rings is 2. The third-order valence-electron chi connectivity index (χ3n) is 6.10. The van der Waals surface area contributed by atoms with Crippen molar-refractivity contribution in [3.63, 3.8) is 0 Å². The number of allylic oxidation sites excluding steroid dienone is 1. The summed E-state index contributed by atoms with van der Waals surface area (Å²) in [6.45, 7) is 2.41. The molecular formula is C24H26ClN5O. The third-order valence-corrected chi connectivity index (χ3v) is 6.38. The SMILES string of the molecule is COc1cc(N2CCC(N)CC2)ccc1N1C=C(Cl)C(c2c[nH]c3ccccc23)=NC1. The average molecular weight is 436 g/mol. The number of nitrogens with one attached hydrogen (secondary N) is 1. The number of hydrogen-bond donors (Lipinski definition) is 2. The van der Waals surface area contributed by atoms with E-state index in [9.17, 15) is 0 Å². The normalized spacial score (nSPS) is 17.6. The third kappa shape index (κ3) is 3.77. The summed E-state index contributed by atoms with van der Waals surface area (Å²) >= 11 is 6.70. The van der Waals surface area contributed by atoms with E-state index < -0.39 is 0 Å². The Labute approximate surface area is 186 Å². The van der Waals surface area contributed by atoms with Crippen LogP contribution in [-0.2, 0) is 0 Å². The van der Waals surface area contributed by atoms with Gasteiger partial charge in [-0.2, -0.15) is 0 Å². The topological polar surface area (TPSA) is 69.9 Å². The van der Waals surface area contributed by atoms with E-state index in [4.69, 9.17) is 27.1 Å². The highest BCUT2D eigenvalue weighted by Gasteiger charge is 2.22. The standard InChI is InChI=1S/C24H26ClN5O/c1-31-23-12-17(29-10-8-16(26)9-11-29)6-7-22(23)30-14-20(25)24(28-15-30)19-13-27-21-5-3-2-4-18(19)21/h2-7,12-14,16,27H,8-11,15,26H2,1H3. The highest BCUT2D eigenvalue weighted by atomic mass is 35.5. The summed E-state index contributed by atoms with van der Waals surface area (Å²) < 4.78 is 5.72. The van der Waals surface area contributed by atoms with E-state index in [1.807, 2.05) is 29.4 Å². The zero-order valence-electron chi connectivity index (χ0n) is 17.5. The molecule has 0 atom stereocenters. The summed E-state index contributed by atoms with van der Waals surface area (Å²) in [6, 6.07) is 14.8. The van der Waals surface area contributed by atoms with Gasteiger partial charge < -0.3 is 25.3 Å². The number of piperidine rings is 1. The molecule has 0 unspecified atom stereocenters. The first-order chi connectivity index (χ1) is 15.1. The van der Waals surface area contributed by atoms with Gasteiger partial charge >= 0.3 is 0 Å². The van der Waals surface area contributed by atoms with Gasteiger partial charge in [-0.05, 0) is 31.0 Å². The van der Waals surface area contributed by atoms with Gasteiger partial charge in [0, 0.05) is 59.7 Å².